The average Bonchev–Trinajstić information content (AvgIpc) is 3.14. The minimum absolute atomic E-state index is 0.145. The van der Waals surface area contributed by atoms with Crippen molar-refractivity contribution in [3.63, 3.8) is 0 Å². The summed E-state index contributed by atoms with van der Waals surface area (Å²) in [6, 6.07) is 9.88. The van der Waals surface area contributed by atoms with Gasteiger partial charge in [0.2, 0.25) is 5.91 Å². The molecule has 1 N–H and O–H groups in total. The van der Waals surface area contributed by atoms with Gasteiger partial charge in [-0.25, -0.2) is 9.97 Å². The highest BCUT2D eigenvalue weighted by Crippen LogP contribution is 2.16. The molecule has 1 aromatic heterocycles. The number of amides is 1. The minimum Gasteiger partial charge on any atom is -0.357 e. The number of benzene rings is 1. The van der Waals surface area contributed by atoms with Crippen molar-refractivity contribution < 1.29 is 4.79 Å². The van der Waals surface area contributed by atoms with Crippen LogP contribution in [0.2, 0.25) is 0 Å². The summed E-state index contributed by atoms with van der Waals surface area (Å²) < 4.78 is 0. The number of aromatic nitrogens is 2. The van der Waals surface area contributed by atoms with Crippen molar-refractivity contribution in [1.82, 2.24) is 15.3 Å². The zero-order chi connectivity index (χ0) is 16.8. The first-order valence-corrected chi connectivity index (χ1v) is 8.31. The Hall–Kier alpha value is -2.69. The van der Waals surface area contributed by atoms with Gasteiger partial charge < -0.3 is 10.2 Å². The third kappa shape index (κ3) is 4.19. The van der Waals surface area contributed by atoms with E-state index in [1.807, 2.05) is 43.3 Å². The maximum Gasteiger partial charge on any atom is 0.244 e. The average molecular weight is 322 g/mol. The summed E-state index contributed by atoms with van der Waals surface area (Å²) in [4.78, 5) is 23.0. The molecule has 5 heteroatoms. The van der Waals surface area contributed by atoms with E-state index >= 15 is 0 Å². The molecule has 0 unspecified atom stereocenters. The van der Waals surface area contributed by atoms with Crippen LogP contribution in [0.25, 0.3) is 6.08 Å². The Labute approximate surface area is 142 Å². The zero-order valence-electron chi connectivity index (χ0n) is 13.9. The molecule has 24 heavy (non-hydrogen) atoms. The van der Waals surface area contributed by atoms with Crippen LogP contribution in [0.3, 0.4) is 0 Å². The smallest absolute Gasteiger partial charge is 0.244 e. The molecule has 1 aromatic carbocycles. The molecule has 2 aromatic rings. The Morgan fingerprint density at radius 2 is 2.04 bits per heavy atom. The van der Waals surface area contributed by atoms with Crippen LogP contribution in [0.5, 0.6) is 0 Å². The number of nitrogens with one attached hydrogen (secondary N) is 1. The Kier molecular flexibility index (Phi) is 5.21. The molecule has 2 heterocycles. The van der Waals surface area contributed by atoms with Crippen LogP contribution < -0.4 is 10.2 Å². The summed E-state index contributed by atoms with van der Waals surface area (Å²) >= 11 is 0. The van der Waals surface area contributed by atoms with Crippen LogP contribution >= 0.6 is 0 Å². The SMILES string of the molecule is Cc1ccccc1/C=C/C(=O)NCc1nccc(N2CCCC2)n1. The van der Waals surface area contributed by atoms with Gasteiger partial charge >= 0.3 is 0 Å². The molecule has 1 aliphatic heterocycles. The first kappa shape index (κ1) is 16.2. The highest BCUT2D eigenvalue weighted by atomic mass is 16.1. The number of hydrogen-bond donors (Lipinski definition) is 1. The Bertz CT molecular complexity index is 736. The number of anilines is 1. The maximum absolute atomic E-state index is 12.0. The van der Waals surface area contributed by atoms with E-state index in [4.69, 9.17) is 0 Å². The van der Waals surface area contributed by atoms with Crippen molar-refractivity contribution in [2.24, 2.45) is 0 Å². The van der Waals surface area contributed by atoms with Crippen LogP contribution in [-0.2, 0) is 11.3 Å². The summed E-state index contributed by atoms with van der Waals surface area (Å²) in [6.45, 7) is 4.44. The third-order valence-corrected chi connectivity index (χ3v) is 4.14. The normalized spacial score (nSPS) is 14.3. The van der Waals surface area contributed by atoms with E-state index in [0.717, 1.165) is 30.0 Å². The van der Waals surface area contributed by atoms with Gasteiger partial charge in [-0.05, 0) is 43.0 Å². The second kappa shape index (κ2) is 7.73. The summed E-state index contributed by atoms with van der Waals surface area (Å²) in [5.74, 6) is 1.44. The van der Waals surface area contributed by atoms with Crippen LogP contribution in [0.4, 0.5) is 5.82 Å². The molecule has 124 valence electrons. The molecule has 1 amide bonds. The van der Waals surface area contributed by atoms with Gasteiger partial charge in [0.1, 0.15) is 11.6 Å². The molecule has 0 aliphatic carbocycles. The molecule has 0 radical (unpaired) electrons. The van der Waals surface area contributed by atoms with Crippen molar-refractivity contribution in [2.45, 2.75) is 26.3 Å². The molecule has 0 atom stereocenters. The minimum atomic E-state index is -0.145. The van der Waals surface area contributed by atoms with Crippen molar-refractivity contribution in [3.8, 4) is 0 Å². The van der Waals surface area contributed by atoms with Gasteiger partial charge in [-0.1, -0.05) is 24.3 Å². The lowest BCUT2D eigenvalue weighted by Crippen LogP contribution is -2.23. The van der Waals surface area contributed by atoms with Crippen molar-refractivity contribution >= 4 is 17.8 Å². The van der Waals surface area contributed by atoms with Gasteiger partial charge in [0.25, 0.3) is 0 Å². The fourth-order valence-corrected chi connectivity index (χ4v) is 2.76. The topological polar surface area (TPSA) is 58.1 Å². The quantitative estimate of drug-likeness (QED) is 0.860. The molecule has 0 bridgehead atoms. The van der Waals surface area contributed by atoms with Gasteiger partial charge in [0, 0.05) is 25.4 Å². The predicted molar refractivity (Wildman–Crippen MR) is 95.5 cm³/mol. The van der Waals surface area contributed by atoms with Crippen molar-refractivity contribution in [2.75, 3.05) is 18.0 Å². The van der Waals surface area contributed by atoms with Crippen LogP contribution in [-0.4, -0.2) is 29.0 Å². The van der Waals surface area contributed by atoms with E-state index in [1.54, 1.807) is 12.3 Å². The summed E-state index contributed by atoms with van der Waals surface area (Å²) in [7, 11) is 0. The standard InChI is InChI=1S/C19H22N4O/c1-15-6-2-3-7-16(15)8-9-19(24)21-14-17-20-11-10-18(22-17)23-12-4-5-13-23/h2-3,6-11H,4-5,12-14H2,1H3,(H,21,24)/b9-8+. The van der Waals surface area contributed by atoms with E-state index in [2.05, 4.69) is 20.2 Å². The lowest BCUT2D eigenvalue weighted by molar-refractivity contribution is -0.116. The predicted octanol–water partition coefficient (Wildman–Crippen LogP) is 2.71. The Morgan fingerprint density at radius 1 is 1.25 bits per heavy atom. The largest absolute Gasteiger partial charge is 0.357 e. The first-order chi connectivity index (χ1) is 11.7. The van der Waals surface area contributed by atoms with Gasteiger partial charge in [0.15, 0.2) is 0 Å². The number of carbonyl (C=O) groups is 1. The molecule has 0 saturated carbocycles. The summed E-state index contributed by atoms with van der Waals surface area (Å²) in [5, 5.41) is 2.84. The summed E-state index contributed by atoms with van der Waals surface area (Å²) in [6.07, 6.45) is 7.55. The maximum atomic E-state index is 12.0. The lowest BCUT2D eigenvalue weighted by Gasteiger charge is -2.16. The second-order valence-corrected chi connectivity index (χ2v) is 5.93. The van der Waals surface area contributed by atoms with Crippen molar-refractivity contribution in [1.29, 1.82) is 0 Å². The third-order valence-electron chi connectivity index (χ3n) is 4.14. The molecule has 1 aliphatic rings. The zero-order valence-corrected chi connectivity index (χ0v) is 13.9. The fourth-order valence-electron chi connectivity index (χ4n) is 2.76. The molecule has 5 nitrogen and oxygen atoms in total. The van der Waals surface area contributed by atoms with E-state index in [-0.39, 0.29) is 5.91 Å². The second-order valence-electron chi connectivity index (χ2n) is 5.93. The summed E-state index contributed by atoms with van der Waals surface area (Å²) in [5.41, 5.74) is 2.18. The van der Waals surface area contributed by atoms with Crippen LogP contribution in [0.1, 0.15) is 29.8 Å². The first-order valence-electron chi connectivity index (χ1n) is 8.31. The van der Waals surface area contributed by atoms with Gasteiger partial charge in [-0.15, -0.1) is 0 Å². The monoisotopic (exact) mass is 322 g/mol. The van der Waals surface area contributed by atoms with E-state index in [0.29, 0.717) is 12.4 Å². The highest BCUT2D eigenvalue weighted by molar-refractivity contribution is 5.91. The van der Waals surface area contributed by atoms with Crippen molar-refractivity contribution in [3.05, 3.63) is 59.6 Å². The number of nitrogens with zero attached hydrogens (tertiary/aromatic N) is 3. The van der Waals surface area contributed by atoms with Crippen LogP contribution in [0, 0.1) is 6.92 Å². The Balaban J connectivity index is 1.56. The molecule has 3 rings (SSSR count). The molecule has 1 saturated heterocycles. The molecule has 1 fully saturated rings. The van der Waals surface area contributed by atoms with E-state index < -0.39 is 0 Å². The highest BCUT2D eigenvalue weighted by Gasteiger charge is 2.13. The number of hydrogen-bond acceptors (Lipinski definition) is 4. The molecular formula is C19H22N4O. The lowest BCUT2D eigenvalue weighted by atomic mass is 10.1. The van der Waals surface area contributed by atoms with Gasteiger partial charge in [-0.2, -0.15) is 0 Å². The molecular weight excluding hydrogens is 300 g/mol. The Morgan fingerprint density at radius 3 is 2.83 bits per heavy atom. The van der Waals surface area contributed by atoms with E-state index in [1.165, 1.54) is 12.8 Å². The van der Waals surface area contributed by atoms with Gasteiger partial charge in [-0.3, -0.25) is 4.79 Å². The van der Waals surface area contributed by atoms with Gasteiger partial charge in [0.05, 0.1) is 6.54 Å². The number of rotatable bonds is 5. The number of carbonyl (C=O) groups excluding carboxylic acids is 1. The molecule has 0 spiro atoms. The fraction of sp³-hybridized carbons (Fsp3) is 0.316. The van der Waals surface area contributed by atoms with Crippen LogP contribution in [0.15, 0.2) is 42.6 Å². The van der Waals surface area contributed by atoms with E-state index in [9.17, 15) is 4.79 Å². The number of aryl methyl sites for hydroxylation is 1.